The number of imidazole rings is 1. The minimum atomic E-state index is -1.20. The molecule has 1 heterocycles. The molecular weight excluding hydrogens is 410 g/mol. The van der Waals surface area contributed by atoms with Crippen LogP contribution in [0.3, 0.4) is 0 Å². The van der Waals surface area contributed by atoms with Crippen molar-refractivity contribution in [1.29, 1.82) is 0 Å². The first-order chi connectivity index (χ1) is 14.5. The predicted octanol–water partition coefficient (Wildman–Crippen LogP) is -2.63. The van der Waals surface area contributed by atoms with Crippen LogP contribution < -0.4 is 27.4 Å². The summed E-state index contributed by atoms with van der Waals surface area (Å²) in [5.74, 6) is -4.23. The number of nitrogens with two attached hydrogens (primary N) is 2. The van der Waals surface area contributed by atoms with Gasteiger partial charge in [0.25, 0.3) is 0 Å². The fourth-order valence-electron chi connectivity index (χ4n) is 2.57. The van der Waals surface area contributed by atoms with Gasteiger partial charge in [-0.15, -0.1) is 0 Å². The third kappa shape index (κ3) is 9.25. The Morgan fingerprint density at radius 2 is 1.84 bits per heavy atom. The second-order valence-corrected chi connectivity index (χ2v) is 7.30. The lowest BCUT2D eigenvalue weighted by atomic mass is 10.0. The number of hydrogen-bond acceptors (Lipinski definition) is 7. The highest BCUT2D eigenvalue weighted by atomic mass is 16.4. The van der Waals surface area contributed by atoms with Crippen LogP contribution in [0.15, 0.2) is 12.5 Å². The molecule has 0 spiro atoms. The zero-order valence-electron chi connectivity index (χ0n) is 17.4. The molecule has 0 bridgehead atoms. The zero-order chi connectivity index (χ0) is 23.6. The molecule has 4 amide bonds. The number of H-pyrrole nitrogens is 1. The second-order valence-electron chi connectivity index (χ2n) is 7.30. The fraction of sp³-hybridized carbons (Fsp3) is 0.556. The van der Waals surface area contributed by atoms with Gasteiger partial charge in [-0.2, -0.15) is 0 Å². The summed E-state index contributed by atoms with van der Waals surface area (Å²) >= 11 is 0. The number of rotatable bonds is 13. The van der Waals surface area contributed by atoms with Crippen molar-refractivity contribution in [2.45, 2.75) is 51.2 Å². The van der Waals surface area contributed by atoms with Crippen LogP contribution in [0.5, 0.6) is 0 Å². The van der Waals surface area contributed by atoms with Gasteiger partial charge >= 0.3 is 5.97 Å². The van der Waals surface area contributed by atoms with Crippen molar-refractivity contribution in [2.75, 3.05) is 6.54 Å². The van der Waals surface area contributed by atoms with E-state index in [4.69, 9.17) is 11.5 Å². The van der Waals surface area contributed by atoms with Crippen molar-refractivity contribution in [1.82, 2.24) is 25.9 Å². The summed E-state index contributed by atoms with van der Waals surface area (Å²) in [4.78, 5) is 65.6. The molecule has 0 aliphatic carbocycles. The van der Waals surface area contributed by atoms with E-state index in [1.165, 1.54) is 12.5 Å². The van der Waals surface area contributed by atoms with E-state index in [-0.39, 0.29) is 25.2 Å². The van der Waals surface area contributed by atoms with E-state index in [1.807, 2.05) is 0 Å². The van der Waals surface area contributed by atoms with Crippen molar-refractivity contribution in [3.63, 3.8) is 0 Å². The smallest absolute Gasteiger partial charge is 0.326 e. The molecule has 3 atom stereocenters. The normalized spacial score (nSPS) is 13.7. The summed E-state index contributed by atoms with van der Waals surface area (Å²) in [6, 6.07) is -3.28. The molecule has 13 heteroatoms. The Hall–Kier alpha value is -3.48. The predicted molar refractivity (Wildman–Crippen MR) is 108 cm³/mol. The molecule has 0 saturated carbocycles. The molecule has 31 heavy (non-hydrogen) atoms. The van der Waals surface area contributed by atoms with Crippen LogP contribution >= 0.6 is 0 Å². The summed E-state index contributed by atoms with van der Waals surface area (Å²) in [5, 5.41) is 16.5. The molecular formula is C18H29N7O6. The highest BCUT2D eigenvalue weighted by Crippen LogP contribution is 2.05. The second kappa shape index (κ2) is 12.3. The quantitative estimate of drug-likeness (QED) is 0.172. The molecule has 0 radical (unpaired) electrons. The van der Waals surface area contributed by atoms with Crippen molar-refractivity contribution < 1.29 is 29.1 Å². The van der Waals surface area contributed by atoms with Gasteiger partial charge < -0.3 is 37.5 Å². The number of aromatic nitrogens is 2. The minimum Gasteiger partial charge on any atom is -0.480 e. The molecule has 172 valence electrons. The van der Waals surface area contributed by atoms with Crippen molar-refractivity contribution in [3.8, 4) is 0 Å². The van der Waals surface area contributed by atoms with E-state index < -0.39 is 54.3 Å². The van der Waals surface area contributed by atoms with Gasteiger partial charge in [0.05, 0.1) is 18.9 Å². The van der Waals surface area contributed by atoms with Crippen LogP contribution in [0.4, 0.5) is 0 Å². The maximum absolute atomic E-state index is 12.6. The maximum Gasteiger partial charge on any atom is 0.326 e. The van der Waals surface area contributed by atoms with E-state index in [9.17, 15) is 29.1 Å². The first kappa shape index (κ1) is 25.6. The van der Waals surface area contributed by atoms with Crippen molar-refractivity contribution >= 4 is 29.6 Å². The number of aliphatic carboxylic acids is 1. The van der Waals surface area contributed by atoms with Crippen molar-refractivity contribution in [3.05, 3.63) is 18.2 Å². The van der Waals surface area contributed by atoms with E-state index in [0.29, 0.717) is 5.69 Å². The number of carboxylic acids is 1. The Morgan fingerprint density at radius 1 is 1.16 bits per heavy atom. The average Bonchev–Trinajstić information content (AvgIpc) is 3.20. The third-order valence-electron chi connectivity index (χ3n) is 4.32. The van der Waals surface area contributed by atoms with Gasteiger partial charge in [-0.3, -0.25) is 19.2 Å². The van der Waals surface area contributed by atoms with E-state index in [2.05, 4.69) is 25.9 Å². The standard InChI is InChI=1S/C18H29N7O6/c1-9(2)15(18(30)31)25-17(29)12(5-10-6-21-8-23-10)24-14(27)7-22-16(28)11(19)3-4-13(20)26/h6,8-9,11-12,15H,3-5,7,19H2,1-2H3,(H2,20,26)(H,21,23)(H,22,28)(H,24,27)(H,25,29)(H,30,31). The Kier molecular flexibility index (Phi) is 10.1. The third-order valence-corrected chi connectivity index (χ3v) is 4.32. The van der Waals surface area contributed by atoms with Gasteiger partial charge in [0.1, 0.15) is 12.1 Å². The number of amides is 4. The number of carboxylic acid groups (broad SMARTS) is 1. The minimum absolute atomic E-state index is 0.0219. The number of carbonyl (C=O) groups excluding carboxylic acids is 4. The Labute approximate surface area is 178 Å². The lowest BCUT2D eigenvalue weighted by Gasteiger charge is -2.23. The van der Waals surface area contributed by atoms with Crippen molar-refractivity contribution in [2.24, 2.45) is 17.4 Å². The van der Waals surface area contributed by atoms with E-state index >= 15 is 0 Å². The number of nitrogens with one attached hydrogen (secondary N) is 4. The molecule has 0 fully saturated rings. The molecule has 1 rings (SSSR count). The van der Waals surface area contributed by atoms with Crippen LogP contribution in [0, 0.1) is 5.92 Å². The highest BCUT2D eigenvalue weighted by Gasteiger charge is 2.29. The van der Waals surface area contributed by atoms with Gasteiger partial charge in [0.15, 0.2) is 0 Å². The molecule has 0 saturated heterocycles. The van der Waals surface area contributed by atoms with Gasteiger partial charge in [0.2, 0.25) is 23.6 Å². The van der Waals surface area contributed by atoms with Crippen LogP contribution in [0.1, 0.15) is 32.4 Å². The van der Waals surface area contributed by atoms with Gasteiger partial charge in [0, 0.05) is 24.7 Å². The summed E-state index contributed by atoms with van der Waals surface area (Å²) in [6.45, 7) is 2.81. The van der Waals surface area contributed by atoms with Gasteiger partial charge in [-0.1, -0.05) is 13.8 Å². The molecule has 13 nitrogen and oxygen atoms in total. The topological polar surface area (TPSA) is 222 Å². The number of carbonyl (C=O) groups is 5. The van der Waals surface area contributed by atoms with E-state index in [0.717, 1.165) is 0 Å². The highest BCUT2D eigenvalue weighted by molar-refractivity contribution is 5.92. The Bertz CT molecular complexity index is 780. The van der Waals surface area contributed by atoms with E-state index in [1.54, 1.807) is 13.8 Å². The average molecular weight is 439 g/mol. The fourth-order valence-corrected chi connectivity index (χ4v) is 2.57. The van der Waals surface area contributed by atoms with Crippen LogP contribution in [0.25, 0.3) is 0 Å². The molecule has 0 aromatic carbocycles. The lowest BCUT2D eigenvalue weighted by Crippen LogP contribution is -2.55. The first-order valence-electron chi connectivity index (χ1n) is 9.62. The Morgan fingerprint density at radius 3 is 2.35 bits per heavy atom. The summed E-state index contributed by atoms with van der Waals surface area (Å²) in [7, 11) is 0. The number of hydrogen-bond donors (Lipinski definition) is 7. The number of nitrogens with zero attached hydrogens (tertiary/aromatic N) is 1. The summed E-state index contributed by atoms with van der Waals surface area (Å²) in [6.07, 6.45) is 2.83. The molecule has 1 aromatic rings. The monoisotopic (exact) mass is 439 g/mol. The lowest BCUT2D eigenvalue weighted by molar-refractivity contribution is -0.143. The summed E-state index contributed by atoms with van der Waals surface area (Å²) < 4.78 is 0. The molecule has 9 N–H and O–H groups in total. The van der Waals surface area contributed by atoms with Crippen LogP contribution in [-0.4, -0.2) is 69.3 Å². The molecule has 0 aliphatic rings. The van der Waals surface area contributed by atoms with Crippen LogP contribution in [0.2, 0.25) is 0 Å². The first-order valence-corrected chi connectivity index (χ1v) is 9.62. The SMILES string of the molecule is CC(C)C(NC(=O)C(Cc1cnc[nH]1)NC(=O)CNC(=O)C(N)CCC(N)=O)C(=O)O. The summed E-state index contributed by atoms with van der Waals surface area (Å²) in [5.41, 5.74) is 11.2. The zero-order valence-corrected chi connectivity index (χ0v) is 17.4. The molecule has 0 aliphatic heterocycles. The maximum atomic E-state index is 12.6. The molecule has 3 unspecified atom stereocenters. The number of primary amides is 1. The van der Waals surface area contributed by atoms with Crippen LogP contribution in [-0.2, 0) is 30.4 Å². The molecule has 1 aromatic heterocycles. The largest absolute Gasteiger partial charge is 0.480 e. The van der Waals surface area contributed by atoms with Gasteiger partial charge in [-0.25, -0.2) is 9.78 Å². The number of aromatic amines is 1. The van der Waals surface area contributed by atoms with Gasteiger partial charge in [-0.05, 0) is 12.3 Å². The Balaban J connectivity index is 2.73.